The Bertz CT molecular complexity index is 151. The summed E-state index contributed by atoms with van der Waals surface area (Å²) >= 11 is 0. The van der Waals surface area contributed by atoms with E-state index in [-0.39, 0.29) is 11.4 Å². The second-order valence-electron chi connectivity index (χ2n) is 3.71. The van der Waals surface area contributed by atoms with Crippen molar-refractivity contribution in [1.82, 2.24) is 5.32 Å². The summed E-state index contributed by atoms with van der Waals surface area (Å²) in [6.07, 6.45) is 1.73. The highest BCUT2D eigenvalue weighted by atomic mass is 16.1. The molecule has 58 valence electrons. The highest BCUT2D eigenvalue weighted by Gasteiger charge is 2.31. The van der Waals surface area contributed by atoms with Crippen molar-refractivity contribution in [2.75, 3.05) is 0 Å². The average molecular weight is 141 g/mol. The third-order valence-electron chi connectivity index (χ3n) is 2.50. The minimum absolute atomic E-state index is 0.00926. The highest BCUT2D eigenvalue weighted by Crippen LogP contribution is 2.25. The van der Waals surface area contributed by atoms with Crippen LogP contribution < -0.4 is 5.32 Å². The van der Waals surface area contributed by atoms with Crippen molar-refractivity contribution in [2.45, 2.75) is 39.2 Å². The van der Waals surface area contributed by atoms with Crippen molar-refractivity contribution in [1.29, 1.82) is 0 Å². The third kappa shape index (κ3) is 1.31. The summed E-state index contributed by atoms with van der Waals surface area (Å²) in [5, 5.41) is 2.97. The van der Waals surface area contributed by atoms with Gasteiger partial charge in [-0.25, -0.2) is 0 Å². The molecule has 0 radical (unpaired) electrons. The summed E-state index contributed by atoms with van der Waals surface area (Å²) < 4.78 is 0. The minimum Gasteiger partial charge on any atom is -0.351 e. The lowest BCUT2D eigenvalue weighted by molar-refractivity contribution is -0.125. The Hall–Kier alpha value is -0.530. The van der Waals surface area contributed by atoms with E-state index in [1.165, 1.54) is 0 Å². The summed E-state index contributed by atoms with van der Waals surface area (Å²) in [6.45, 7) is 6.34. The van der Waals surface area contributed by atoms with Crippen molar-refractivity contribution < 1.29 is 4.79 Å². The molecule has 1 rings (SSSR count). The van der Waals surface area contributed by atoms with Gasteiger partial charge in [0.05, 0.1) is 0 Å². The number of carbonyl (C=O) groups is 1. The molecule has 0 aromatic heterocycles. The van der Waals surface area contributed by atoms with Crippen LogP contribution in [0.4, 0.5) is 0 Å². The van der Waals surface area contributed by atoms with Gasteiger partial charge < -0.3 is 5.32 Å². The summed E-state index contributed by atoms with van der Waals surface area (Å²) in [5.74, 6) is 0.799. The first-order valence-electron chi connectivity index (χ1n) is 3.83. The molecule has 1 heterocycles. The van der Waals surface area contributed by atoms with E-state index in [1.807, 2.05) is 0 Å². The molecule has 0 spiro atoms. The van der Waals surface area contributed by atoms with Gasteiger partial charge in [0, 0.05) is 12.0 Å². The zero-order chi connectivity index (χ0) is 7.78. The van der Waals surface area contributed by atoms with Crippen molar-refractivity contribution in [3.05, 3.63) is 0 Å². The number of hydrogen-bond donors (Lipinski definition) is 1. The Kier molecular flexibility index (Phi) is 1.71. The Morgan fingerprint density at radius 3 is 2.60 bits per heavy atom. The monoisotopic (exact) mass is 141 g/mol. The Labute approximate surface area is 62.0 Å². The van der Waals surface area contributed by atoms with Crippen LogP contribution in [0.25, 0.3) is 0 Å². The summed E-state index contributed by atoms with van der Waals surface area (Å²) in [4.78, 5) is 10.9. The van der Waals surface area contributed by atoms with E-state index in [9.17, 15) is 4.79 Å². The van der Waals surface area contributed by atoms with Gasteiger partial charge in [-0.15, -0.1) is 0 Å². The smallest absolute Gasteiger partial charge is 0.220 e. The normalized spacial score (nSPS) is 31.5. The zero-order valence-electron chi connectivity index (χ0n) is 6.90. The largest absolute Gasteiger partial charge is 0.351 e. The average Bonchev–Trinajstić information content (AvgIpc) is 1.78. The predicted octanol–water partition coefficient (Wildman–Crippen LogP) is 1.31. The van der Waals surface area contributed by atoms with E-state index in [0.29, 0.717) is 12.3 Å². The van der Waals surface area contributed by atoms with Crippen LogP contribution in [0.3, 0.4) is 0 Å². The van der Waals surface area contributed by atoms with Crippen LogP contribution in [0.2, 0.25) is 0 Å². The van der Waals surface area contributed by atoms with E-state index in [1.54, 1.807) is 0 Å². The first-order chi connectivity index (χ1) is 4.52. The number of rotatable bonds is 0. The van der Waals surface area contributed by atoms with Gasteiger partial charge in [-0.3, -0.25) is 4.79 Å². The van der Waals surface area contributed by atoms with Crippen LogP contribution >= 0.6 is 0 Å². The molecule has 0 aromatic rings. The van der Waals surface area contributed by atoms with Gasteiger partial charge in [0.2, 0.25) is 5.91 Å². The molecular formula is C8H15NO. The van der Waals surface area contributed by atoms with E-state index in [2.05, 4.69) is 26.1 Å². The summed E-state index contributed by atoms with van der Waals surface area (Å²) in [5.41, 5.74) is 0.00926. The fourth-order valence-corrected chi connectivity index (χ4v) is 1.25. The molecule has 1 atom stereocenters. The van der Waals surface area contributed by atoms with E-state index in [4.69, 9.17) is 0 Å². The molecule has 2 nitrogen and oxygen atoms in total. The number of carbonyl (C=O) groups excluding carboxylic acids is 1. The quantitative estimate of drug-likeness (QED) is 0.541. The van der Waals surface area contributed by atoms with Crippen LogP contribution in [0.1, 0.15) is 33.6 Å². The SMILES string of the molecule is CC1CCC(=O)NC1(C)C. The van der Waals surface area contributed by atoms with Crippen LogP contribution in [0.15, 0.2) is 0 Å². The maximum atomic E-state index is 10.9. The van der Waals surface area contributed by atoms with Crippen LogP contribution in [0, 0.1) is 5.92 Å². The molecule has 1 fully saturated rings. The topological polar surface area (TPSA) is 29.1 Å². The summed E-state index contributed by atoms with van der Waals surface area (Å²) in [6, 6.07) is 0. The van der Waals surface area contributed by atoms with Gasteiger partial charge in [-0.2, -0.15) is 0 Å². The maximum absolute atomic E-state index is 10.9. The molecule has 1 saturated heterocycles. The van der Waals surface area contributed by atoms with Crippen LogP contribution in [-0.2, 0) is 4.79 Å². The van der Waals surface area contributed by atoms with Gasteiger partial charge >= 0.3 is 0 Å². The third-order valence-corrected chi connectivity index (χ3v) is 2.50. The molecule has 10 heavy (non-hydrogen) atoms. The minimum atomic E-state index is 0.00926. The Morgan fingerprint density at radius 2 is 2.20 bits per heavy atom. The van der Waals surface area contributed by atoms with Crippen molar-refractivity contribution >= 4 is 5.91 Å². The second-order valence-corrected chi connectivity index (χ2v) is 3.71. The fraction of sp³-hybridized carbons (Fsp3) is 0.875. The molecule has 0 aromatic carbocycles. The molecule has 1 amide bonds. The second kappa shape index (κ2) is 2.26. The Balaban J connectivity index is 2.63. The molecule has 0 bridgehead atoms. The number of piperidine rings is 1. The van der Waals surface area contributed by atoms with Crippen molar-refractivity contribution in [3.63, 3.8) is 0 Å². The van der Waals surface area contributed by atoms with Gasteiger partial charge in [0.25, 0.3) is 0 Å². The number of nitrogens with one attached hydrogen (secondary N) is 1. The van der Waals surface area contributed by atoms with Crippen molar-refractivity contribution in [2.24, 2.45) is 5.92 Å². The van der Waals surface area contributed by atoms with E-state index >= 15 is 0 Å². The molecular weight excluding hydrogens is 126 g/mol. The molecule has 2 heteroatoms. The molecule has 0 aliphatic carbocycles. The molecule has 1 aliphatic heterocycles. The lowest BCUT2D eigenvalue weighted by Gasteiger charge is -2.37. The highest BCUT2D eigenvalue weighted by molar-refractivity contribution is 5.77. The maximum Gasteiger partial charge on any atom is 0.220 e. The zero-order valence-corrected chi connectivity index (χ0v) is 6.90. The predicted molar refractivity (Wildman–Crippen MR) is 40.6 cm³/mol. The number of amides is 1. The molecule has 1 N–H and O–H groups in total. The molecule has 1 unspecified atom stereocenters. The summed E-state index contributed by atoms with van der Waals surface area (Å²) in [7, 11) is 0. The first kappa shape index (κ1) is 7.58. The van der Waals surface area contributed by atoms with Crippen LogP contribution in [-0.4, -0.2) is 11.4 Å². The van der Waals surface area contributed by atoms with Gasteiger partial charge in [-0.05, 0) is 26.2 Å². The number of hydrogen-bond acceptors (Lipinski definition) is 1. The van der Waals surface area contributed by atoms with Gasteiger partial charge in [0.15, 0.2) is 0 Å². The van der Waals surface area contributed by atoms with E-state index in [0.717, 1.165) is 6.42 Å². The lowest BCUT2D eigenvalue weighted by Crippen LogP contribution is -2.51. The fourth-order valence-electron chi connectivity index (χ4n) is 1.25. The molecule has 1 aliphatic rings. The Morgan fingerprint density at radius 1 is 1.60 bits per heavy atom. The van der Waals surface area contributed by atoms with Crippen LogP contribution in [0.5, 0.6) is 0 Å². The lowest BCUT2D eigenvalue weighted by atomic mass is 9.82. The first-order valence-corrected chi connectivity index (χ1v) is 3.83. The van der Waals surface area contributed by atoms with Gasteiger partial charge in [-0.1, -0.05) is 6.92 Å². The van der Waals surface area contributed by atoms with E-state index < -0.39 is 0 Å². The standard InChI is InChI=1S/C8H15NO/c1-6-4-5-7(10)9-8(6,2)3/h6H,4-5H2,1-3H3,(H,9,10). The van der Waals surface area contributed by atoms with Crippen molar-refractivity contribution in [3.8, 4) is 0 Å². The molecule has 0 saturated carbocycles. The van der Waals surface area contributed by atoms with Gasteiger partial charge in [0.1, 0.15) is 0 Å².